The molecule has 0 radical (unpaired) electrons. The number of rotatable bonds is 7. The van der Waals surface area contributed by atoms with Crippen molar-refractivity contribution in [1.29, 1.82) is 0 Å². The van der Waals surface area contributed by atoms with Gasteiger partial charge in [0.15, 0.2) is 0 Å². The normalized spacial score (nSPS) is 16.0. The van der Waals surface area contributed by atoms with Crippen LogP contribution in [-0.4, -0.2) is 66.5 Å². The molecule has 1 saturated heterocycles. The molecular weight excluding hydrogens is 356 g/mol. The first-order valence-electron chi connectivity index (χ1n) is 8.81. The predicted molar refractivity (Wildman–Crippen MR) is 98.5 cm³/mol. The number of nitrogens with zero attached hydrogens (tertiary/aromatic N) is 2. The van der Waals surface area contributed by atoms with Gasteiger partial charge in [-0.15, -0.1) is 0 Å². The van der Waals surface area contributed by atoms with E-state index in [4.69, 9.17) is 0 Å². The van der Waals surface area contributed by atoms with Crippen molar-refractivity contribution in [1.82, 2.24) is 9.21 Å². The predicted octanol–water partition coefficient (Wildman–Crippen LogP) is 1.59. The van der Waals surface area contributed by atoms with Gasteiger partial charge in [-0.05, 0) is 37.8 Å². The van der Waals surface area contributed by atoms with Gasteiger partial charge in [0.1, 0.15) is 0 Å². The highest BCUT2D eigenvalue weighted by Crippen LogP contribution is 2.20. The largest absolute Gasteiger partial charge is 0.478 e. The van der Waals surface area contributed by atoms with Crippen molar-refractivity contribution < 1.29 is 23.1 Å². The Morgan fingerprint density at radius 3 is 2.42 bits per heavy atom. The zero-order valence-electron chi connectivity index (χ0n) is 15.2. The number of sulfonamides is 1. The Morgan fingerprint density at radius 2 is 1.85 bits per heavy atom. The average molecular weight is 382 g/mol. The summed E-state index contributed by atoms with van der Waals surface area (Å²) in [7, 11) is -1.62. The highest BCUT2D eigenvalue weighted by atomic mass is 32.2. The molecule has 1 aromatic rings. The number of carbonyl (C=O) groups is 2. The van der Waals surface area contributed by atoms with Crippen LogP contribution in [-0.2, 0) is 21.2 Å². The summed E-state index contributed by atoms with van der Waals surface area (Å²) < 4.78 is 25.3. The van der Waals surface area contributed by atoms with E-state index >= 15 is 0 Å². The van der Waals surface area contributed by atoms with Gasteiger partial charge in [0.2, 0.25) is 15.9 Å². The van der Waals surface area contributed by atoms with E-state index in [-0.39, 0.29) is 29.7 Å². The summed E-state index contributed by atoms with van der Waals surface area (Å²) in [5, 5.41) is 9.20. The summed E-state index contributed by atoms with van der Waals surface area (Å²) in [5.41, 5.74) is 0.877. The molecule has 0 saturated carbocycles. The summed E-state index contributed by atoms with van der Waals surface area (Å²) in [6, 6.07) is 6.63. The Bertz CT molecular complexity index is 755. The third-order valence-corrected chi connectivity index (χ3v) is 6.90. The monoisotopic (exact) mass is 382 g/mol. The van der Waals surface area contributed by atoms with E-state index in [1.807, 2.05) is 0 Å². The molecule has 2 rings (SSSR count). The fourth-order valence-corrected chi connectivity index (χ4v) is 4.33. The SMILES string of the molecule is CCS(=O)(=O)N(C)C1CCN(C(=O)CCc2ccccc2C(=O)O)CC1. The lowest BCUT2D eigenvalue weighted by molar-refractivity contribution is -0.132. The zero-order chi connectivity index (χ0) is 19.3. The lowest BCUT2D eigenvalue weighted by atomic mass is 10.0. The van der Waals surface area contributed by atoms with E-state index < -0.39 is 16.0 Å². The molecule has 1 heterocycles. The smallest absolute Gasteiger partial charge is 0.335 e. The molecule has 8 heteroatoms. The number of amides is 1. The second kappa shape index (κ2) is 8.64. The third-order valence-electron chi connectivity index (χ3n) is 4.99. The Labute approximate surface area is 154 Å². The van der Waals surface area contributed by atoms with Crippen molar-refractivity contribution in [2.45, 2.75) is 38.6 Å². The Hall–Kier alpha value is -1.93. The number of aryl methyl sites for hydroxylation is 1. The number of benzene rings is 1. The van der Waals surface area contributed by atoms with Crippen LogP contribution in [0.4, 0.5) is 0 Å². The maximum absolute atomic E-state index is 12.4. The van der Waals surface area contributed by atoms with Crippen molar-refractivity contribution in [3.05, 3.63) is 35.4 Å². The second-order valence-electron chi connectivity index (χ2n) is 6.49. The number of hydrogen-bond donors (Lipinski definition) is 1. The highest BCUT2D eigenvalue weighted by Gasteiger charge is 2.30. The molecule has 0 bridgehead atoms. The molecule has 7 nitrogen and oxygen atoms in total. The maximum Gasteiger partial charge on any atom is 0.335 e. The Morgan fingerprint density at radius 1 is 1.23 bits per heavy atom. The number of hydrogen-bond acceptors (Lipinski definition) is 4. The zero-order valence-corrected chi connectivity index (χ0v) is 16.0. The molecular formula is C18H26N2O5S. The molecule has 26 heavy (non-hydrogen) atoms. The van der Waals surface area contributed by atoms with E-state index in [1.54, 1.807) is 37.1 Å². The minimum atomic E-state index is -3.22. The summed E-state index contributed by atoms with van der Waals surface area (Å²) in [4.78, 5) is 25.4. The van der Waals surface area contributed by atoms with Gasteiger partial charge in [0.25, 0.3) is 0 Å². The molecule has 1 aliphatic heterocycles. The number of piperidine rings is 1. The first-order valence-corrected chi connectivity index (χ1v) is 10.4. The molecule has 144 valence electrons. The fraction of sp³-hybridized carbons (Fsp3) is 0.556. The standard InChI is InChI=1S/C18H26N2O5S/c1-3-26(24,25)19(2)15-10-12-20(13-11-15)17(21)9-8-14-6-4-5-7-16(14)18(22)23/h4-7,15H,3,8-13H2,1-2H3,(H,22,23). The quantitative estimate of drug-likeness (QED) is 0.773. The number of carboxylic acids is 1. The fourth-order valence-electron chi connectivity index (χ4n) is 3.26. The van der Waals surface area contributed by atoms with Crippen LogP contribution in [0.15, 0.2) is 24.3 Å². The maximum atomic E-state index is 12.4. The molecule has 0 aromatic heterocycles. The van der Waals surface area contributed by atoms with Crippen molar-refractivity contribution in [2.24, 2.45) is 0 Å². The van der Waals surface area contributed by atoms with Crippen LogP contribution in [0.25, 0.3) is 0 Å². The van der Waals surface area contributed by atoms with Gasteiger partial charge < -0.3 is 10.0 Å². The Balaban J connectivity index is 1.89. The van der Waals surface area contributed by atoms with E-state index in [2.05, 4.69) is 0 Å². The van der Waals surface area contributed by atoms with Gasteiger partial charge in [0, 0.05) is 32.6 Å². The lowest BCUT2D eigenvalue weighted by Gasteiger charge is -2.36. The van der Waals surface area contributed by atoms with Crippen molar-refractivity contribution >= 4 is 21.9 Å². The summed E-state index contributed by atoms with van der Waals surface area (Å²) >= 11 is 0. The number of carboxylic acid groups (broad SMARTS) is 1. The van der Waals surface area contributed by atoms with Gasteiger partial charge in [-0.1, -0.05) is 18.2 Å². The van der Waals surface area contributed by atoms with Crippen LogP contribution in [0.2, 0.25) is 0 Å². The van der Waals surface area contributed by atoms with Crippen LogP contribution in [0.3, 0.4) is 0 Å². The van der Waals surface area contributed by atoms with E-state index in [0.29, 0.717) is 37.9 Å². The van der Waals surface area contributed by atoms with Crippen molar-refractivity contribution in [3.63, 3.8) is 0 Å². The molecule has 0 unspecified atom stereocenters. The number of aromatic carboxylic acids is 1. The molecule has 1 amide bonds. The van der Waals surface area contributed by atoms with Gasteiger partial charge in [0.05, 0.1) is 11.3 Å². The summed E-state index contributed by atoms with van der Waals surface area (Å²) in [6.07, 6.45) is 1.86. The van der Waals surface area contributed by atoms with Gasteiger partial charge >= 0.3 is 5.97 Å². The second-order valence-corrected chi connectivity index (χ2v) is 8.81. The van der Waals surface area contributed by atoms with E-state index in [1.165, 1.54) is 10.4 Å². The summed E-state index contributed by atoms with van der Waals surface area (Å²) in [6.45, 7) is 2.67. The van der Waals surface area contributed by atoms with Crippen LogP contribution in [0.1, 0.15) is 42.1 Å². The first kappa shape index (κ1) is 20.4. The van der Waals surface area contributed by atoms with Gasteiger partial charge in [-0.3, -0.25) is 4.79 Å². The summed E-state index contributed by atoms with van der Waals surface area (Å²) in [5.74, 6) is -0.940. The Kier molecular flexibility index (Phi) is 6.77. The third kappa shape index (κ3) is 4.82. The van der Waals surface area contributed by atoms with Crippen LogP contribution in [0.5, 0.6) is 0 Å². The van der Waals surface area contributed by atoms with Crippen molar-refractivity contribution in [3.8, 4) is 0 Å². The molecule has 0 aliphatic carbocycles. The molecule has 1 aromatic carbocycles. The first-order chi connectivity index (χ1) is 12.3. The minimum Gasteiger partial charge on any atom is -0.478 e. The molecule has 0 atom stereocenters. The van der Waals surface area contributed by atoms with Crippen LogP contribution >= 0.6 is 0 Å². The average Bonchev–Trinajstić information content (AvgIpc) is 2.65. The number of likely N-dealkylation sites (tertiary alicyclic amines) is 1. The molecule has 1 fully saturated rings. The van der Waals surface area contributed by atoms with Gasteiger partial charge in [-0.2, -0.15) is 0 Å². The van der Waals surface area contributed by atoms with Crippen molar-refractivity contribution in [2.75, 3.05) is 25.9 Å². The van der Waals surface area contributed by atoms with Crippen LogP contribution < -0.4 is 0 Å². The van der Waals surface area contributed by atoms with Crippen LogP contribution in [0, 0.1) is 0 Å². The molecule has 0 spiro atoms. The lowest BCUT2D eigenvalue weighted by Crippen LogP contribution is -2.47. The topological polar surface area (TPSA) is 95.0 Å². The molecule has 1 aliphatic rings. The van der Waals surface area contributed by atoms with E-state index in [0.717, 1.165) is 0 Å². The molecule has 1 N–H and O–H groups in total. The highest BCUT2D eigenvalue weighted by molar-refractivity contribution is 7.89. The minimum absolute atomic E-state index is 0.0235. The number of carbonyl (C=O) groups excluding carboxylic acids is 1. The van der Waals surface area contributed by atoms with Gasteiger partial charge in [-0.25, -0.2) is 17.5 Å². The van der Waals surface area contributed by atoms with E-state index in [9.17, 15) is 23.1 Å².